The Morgan fingerprint density at radius 3 is 2.09 bits per heavy atom. The number of hydrogen-bond acceptors (Lipinski definition) is 2. The van der Waals surface area contributed by atoms with Gasteiger partial charge in [-0.05, 0) is 26.3 Å². The molecule has 0 aromatic heterocycles. The maximum absolute atomic E-state index is 5.44. The molecule has 0 aromatic carbocycles. The van der Waals surface area contributed by atoms with Crippen molar-refractivity contribution in [2.24, 2.45) is 0 Å². The molecule has 0 heterocycles. The van der Waals surface area contributed by atoms with Crippen molar-refractivity contribution in [1.29, 1.82) is 0 Å². The second-order valence-corrected chi connectivity index (χ2v) is 4.64. The van der Waals surface area contributed by atoms with Crippen LogP contribution >= 0.6 is 15.9 Å². The molecule has 0 aliphatic rings. The summed E-state index contributed by atoms with van der Waals surface area (Å²) in [5, 5.41) is 1.04. The van der Waals surface area contributed by atoms with Crippen LogP contribution in [0.3, 0.4) is 0 Å². The van der Waals surface area contributed by atoms with E-state index in [0.717, 1.165) is 31.0 Å². The van der Waals surface area contributed by atoms with Crippen LogP contribution in [0.4, 0.5) is 0 Å². The summed E-state index contributed by atoms with van der Waals surface area (Å²) < 4.78 is 10.9. The highest BCUT2D eigenvalue weighted by Crippen LogP contribution is 2.03. The van der Waals surface area contributed by atoms with E-state index in [9.17, 15) is 0 Å². The van der Waals surface area contributed by atoms with Gasteiger partial charge in [-0.25, -0.2) is 0 Å². The number of hydrogen-bond donors (Lipinski definition) is 0. The van der Waals surface area contributed by atoms with Crippen molar-refractivity contribution < 1.29 is 8.85 Å². The second-order valence-electron chi connectivity index (χ2n) is 2.03. The van der Waals surface area contributed by atoms with Gasteiger partial charge in [-0.15, -0.1) is 0 Å². The first-order valence-corrected chi connectivity index (χ1v) is 6.67. The Labute approximate surface area is 79.2 Å². The summed E-state index contributed by atoms with van der Waals surface area (Å²) >= 11 is 3.39. The molecule has 0 aliphatic carbocycles. The molecule has 0 aliphatic heterocycles. The van der Waals surface area contributed by atoms with Crippen LogP contribution in [0.5, 0.6) is 0 Å². The van der Waals surface area contributed by atoms with Crippen molar-refractivity contribution in [3.8, 4) is 0 Å². The number of alkyl halides is 1. The van der Waals surface area contributed by atoms with Crippen molar-refractivity contribution in [1.82, 2.24) is 0 Å². The van der Waals surface area contributed by atoms with Gasteiger partial charge in [-0.1, -0.05) is 15.9 Å². The monoisotopic (exact) mass is 239 g/mol. The third-order valence-electron chi connectivity index (χ3n) is 1.13. The van der Waals surface area contributed by atoms with Crippen LogP contribution in [-0.2, 0) is 8.85 Å². The van der Waals surface area contributed by atoms with Crippen LogP contribution in [-0.4, -0.2) is 27.8 Å². The van der Waals surface area contributed by atoms with Crippen LogP contribution in [0, 0.1) is 0 Å². The van der Waals surface area contributed by atoms with Crippen molar-refractivity contribution in [2.75, 3.05) is 18.5 Å². The standard InChI is InChI=1S/C7H16BrO2Si/c1-3-9-11(10-4-2)7-5-6-8/h3-7H2,1-2H3. The molecule has 0 saturated carbocycles. The van der Waals surface area contributed by atoms with Crippen molar-refractivity contribution in [3.63, 3.8) is 0 Å². The van der Waals surface area contributed by atoms with Crippen LogP contribution in [0.15, 0.2) is 0 Å². The quantitative estimate of drug-likeness (QED) is 0.502. The van der Waals surface area contributed by atoms with E-state index in [1.807, 2.05) is 13.8 Å². The predicted molar refractivity (Wildman–Crippen MR) is 52.2 cm³/mol. The van der Waals surface area contributed by atoms with E-state index >= 15 is 0 Å². The minimum atomic E-state index is -0.939. The van der Waals surface area contributed by atoms with Gasteiger partial charge < -0.3 is 8.85 Å². The molecule has 0 atom stereocenters. The molecule has 4 heteroatoms. The largest absolute Gasteiger partial charge is 0.394 e. The summed E-state index contributed by atoms with van der Waals surface area (Å²) in [6, 6.07) is 1.08. The second kappa shape index (κ2) is 8.71. The Morgan fingerprint density at radius 1 is 1.18 bits per heavy atom. The molecule has 0 spiro atoms. The van der Waals surface area contributed by atoms with Gasteiger partial charge in [0.15, 0.2) is 0 Å². The van der Waals surface area contributed by atoms with E-state index in [1.54, 1.807) is 0 Å². The zero-order chi connectivity index (χ0) is 8.53. The fourth-order valence-corrected chi connectivity index (χ4v) is 3.00. The molecule has 11 heavy (non-hydrogen) atoms. The average molecular weight is 240 g/mol. The first-order valence-electron chi connectivity index (χ1n) is 4.02. The van der Waals surface area contributed by atoms with Gasteiger partial charge in [0.25, 0.3) is 0 Å². The summed E-state index contributed by atoms with van der Waals surface area (Å²) in [6.45, 7) is 5.57. The highest BCUT2D eigenvalue weighted by Gasteiger charge is 2.12. The van der Waals surface area contributed by atoms with Crippen LogP contribution in [0.25, 0.3) is 0 Å². The Hall–Kier alpha value is 0.617. The van der Waals surface area contributed by atoms with Crippen molar-refractivity contribution in [2.45, 2.75) is 26.3 Å². The smallest absolute Gasteiger partial charge is 0.384 e. The third kappa shape index (κ3) is 6.99. The topological polar surface area (TPSA) is 18.5 Å². The SMILES string of the molecule is CCO[Si](CCCBr)OCC. The summed E-state index contributed by atoms with van der Waals surface area (Å²) in [4.78, 5) is 0. The molecular formula is C7H16BrO2Si. The Bertz CT molecular complexity index is 76.8. The molecule has 0 saturated heterocycles. The zero-order valence-electron chi connectivity index (χ0n) is 7.23. The predicted octanol–water partition coefficient (Wildman–Crippen LogP) is 2.33. The van der Waals surface area contributed by atoms with Gasteiger partial charge in [-0.2, -0.15) is 0 Å². The maximum atomic E-state index is 5.44. The van der Waals surface area contributed by atoms with E-state index in [4.69, 9.17) is 8.85 Å². The lowest BCUT2D eigenvalue weighted by molar-refractivity contribution is 0.213. The fraction of sp³-hybridized carbons (Fsp3) is 1.00. The molecule has 0 fully saturated rings. The van der Waals surface area contributed by atoms with Gasteiger partial charge in [0.1, 0.15) is 0 Å². The number of rotatable bonds is 7. The van der Waals surface area contributed by atoms with Gasteiger partial charge in [-0.3, -0.25) is 0 Å². The third-order valence-corrected chi connectivity index (χ3v) is 3.67. The Balaban J connectivity index is 3.34. The molecule has 1 radical (unpaired) electrons. The molecular weight excluding hydrogens is 224 g/mol. The van der Waals surface area contributed by atoms with E-state index in [1.165, 1.54) is 0 Å². The molecule has 0 unspecified atom stereocenters. The normalized spacial score (nSPS) is 10.9. The van der Waals surface area contributed by atoms with E-state index in [2.05, 4.69) is 15.9 Å². The highest BCUT2D eigenvalue weighted by molar-refractivity contribution is 9.09. The summed E-state index contributed by atoms with van der Waals surface area (Å²) in [5.41, 5.74) is 0. The zero-order valence-corrected chi connectivity index (χ0v) is 9.82. The van der Waals surface area contributed by atoms with Crippen molar-refractivity contribution >= 4 is 25.2 Å². The Kier molecular flexibility index (Phi) is 9.20. The first-order chi connectivity index (χ1) is 5.35. The van der Waals surface area contributed by atoms with Crippen molar-refractivity contribution in [3.05, 3.63) is 0 Å². The first kappa shape index (κ1) is 11.6. The summed E-state index contributed by atoms with van der Waals surface area (Å²) in [7, 11) is -0.939. The van der Waals surface area contributed by atoms with Gasteiger partial charge in [0.05, 0.1) is 0 Å². The maximum Gasteiger partial charge on any atom is 0.384 e. The van der Waals surface area contributed by atoms with Crippen LogP contribution < -0.4 is 0 Å². The van der Waals surface area contributed by atoms with Gasteiger partial charge in [0, 0.05) is 18.5 Å². The summed E-state index contributed by atoms with van der Waals surface area (Å²) in [6.07, 6.45) is 1.15. The molecule has 67 valence electrons. The Morgan fingerprint density at radius 2 is 1.73 bits per heavy atom. The summed E-state index contributed by atoms with van der Waals surface area (Å²) in [5.74, 6) is 0. The van der Waals surface area contributed by atoms with Crippen LogP contribution in [0.2, 0.25) is 6.04 Å². The van der Waals surface area contributed by atoms with Gasteiger partial charge >= 0.3 is 9.28 Å². The molecule has 0 bridgehead atoms. The molecule has 0 rings (SSSR count). The average Bonchev–Trinajstić information content (AvgIpc) is 2.01. The fourth-order valence-electron chi connectivity index (χ4n) is 0.719. The molecule has 0 aromatic rings. The minimum Gasteiger partial charge on any atom is -0.394 e. The van der Waals surface area contributed by atoms with E-state index in [-0.39, 0.29) is 0 Å². The lowest BCUT2D eigenvalue weighted by atomic mass is 10.6. The number of halogens is 1. The molecule has 2 nitrogen and oxygen atoms in total. The lowest BCUT2D eigenvalue weighted by Crippen LogP contribution is -2.22. The molecule has 0 amide bonds. The van der Waals surface area contributed by atoms with E-state index in [0.29, 0.717) is 0 Å². The highest BCUT2D eigenvalue weighted by atomic mass is 79.9. The lowest BCUT2D eigenvalue weighted by Gasteiger charge is -2.11. The molecule has 0 N–H and O–H groups in total. The minimum absolute atomic E-state index is 0.774. The van der Waals surface area contributed by atoms with Gasteiger partial charge in [0.2, 0.25) is 0 Å². The van der Waals surface area contributed by atoms with E-state index < -0.39 is 9.28 Å². The van der Waals surface area contributed by atoms with Crippen LogP contribution in [0.1, 0.15) is 20.3 Å².